The molecule has 2 N–H and O–H groups in total. The highest BCUT2D eigenvalue weighted by Gasteiger charge is 2.14. The van der Waals surface area contributed by atoms with E-state index in [1.54, 1.807) is 0 Å². The van der Waals surface area contributed by atoms with Crippen LogP contribution in [0.25, 0.3) is 22.3 Å². The summed E-state index contributed by atoms with van der Waals surface area (Å²) >= 11 is 3.02. The first-order valence-electron chi connectivity index (χ1n) is 11.3. The topological polar surface area (TPSA) is 58.9 Å². The van der Waals surface area contributed by atoms with Gasteiger partial charge in [0.05, 0.1) is 13.2 Å². The number of phenols is 2. The number of benzene rings is 4. The van der Waals surface area contributed by atoms with E-state index in [-0.39, 0.29) is 11.5 Å². The molecule has 6 heteroatoms. The van der Waals surface area contributed by atoms with E-state index in [0.29, 0.717) is 19.6 Å². The van der Waals surface area contributed by atoms with Crippen molar-refractivity contribution in [1.29, 1.82) is 0 Å². The third kappa shape index (κ3) is 5.72. The zero-order chi connectivity index (χ0) is 24.6. The Balaban J connectivity index is 1.41. The monoisotopic (exact) mass is 504 g/mol. The van der Waals surface area contributed by atoms with Gasteiger partial charge in [0.2, 0.25) is 0 Å². The van der Waals surface area contributed by atoms with Crippen molar-refractivity contribution in [1.82, 2.24) is 0 Å². The molecule has 0 bridgehead atoms. The van der Waals surface area contributed by atoms with Crippen molar-refractivity contribution in [2.24, 2.45) is 0 Å². The maximum atomic E-state index is 10.7. The summed E-state index contributed by atoms with van der Waals surface area (Å²) in [5.41, 5.74) is 3.22. The number of rotatable bonds is 10. The molecule has 4 aromatic rings. The molecule has 0 aliphatic carbocycles. The molecule has 0 saturated carbocycles. The Bertz CT molecular complexity index is 1190. The van der Waals surface area contributed by atoms with Crippen molar-refractivity contribution in [3.05, 3.63) is 84.9 Å². The number of aromatic hydroxyl groups is 2. The second kappa shape index (κ2) is 12.0. The third-order valence-electron chi connectivity index (χ3n) is 5.60. The van der Waals surface area contributed by atoms with Crippen LogP contribution in [0.5, 0.6) is 23.0 Å². The van der Waals surface area contributed by atoms with Crippen LogP contribution in [0.2, 0.25) is 0 Å². The van der Waals surface area contributed by atoms with Crippen LogP contribution in [-0.4, -0.2) is 35.9 Å². The molecule has 0 aliphatic heterocycles. The third-order valence-corrected chi connectivity index (χ3v) is 7.13. The van der Waals surface area contributed by atoms with E-state index in [9.17, 15) is 10.2 Å². The van der Waals surface area contributed by atoms with Gasteiger partial charge in [0, 0.05) is 38.5 Å². The number of hydrogen-bond donors (Lipinski definition) is 2. The van der Waals surface area contributed by atoms with Crippen molar-refractivity contribution >= 4 is 23.5 Å². The molecule has 4 nitrogen and oxygen atoms in total. The molecule has 0 aromatic heterocycles. The normalized spacial score (nSPS) is 10.8. The smallest absolute Gasteiger partial charge is 0.137 e. The van der Waals surface area contributed by atoms with Crippen LogP contribution in [0.15, 0.2) is 94.7 Å². The first-order chi connectivity index (χ1) is 17.1. The fraction of sp³-hybridized carbons (Fsp3) is 0.172. The highest BCUT2D eigenvalue weighted by Crippen LogP contribution is 2.41. The molecule has 180 valence electrons. The molecule has 0 amide bonds. The lowest BCUT2D eigenvalue weighted by molar-refractivity contribution is 0.248. The van der Waals surface area contributed by atoms with E-state index in [4.69, 9.17) is 9.47 Å². The standard InChI is InChI=1S/C29H28O4S2/c1-34-26-16-7-12-22(28(26)30)20-10-3-5-14-24(20)32-18-9-19-33-25-15-6-4-11-21(25)23-13-8-17-27(35-2)29(23)31/h3-8,10-17,30-31H,9,18-19H2,1-2H3. The fourth-order valence-electron chi connectivity index (χ4n) is 3.86. The molecule has 0 saturated heterocycles. The highest BCUT2D eigenvalue weighted by molar-refractivity contribution is 7.99. The summed E-state index contributed by atoms with van der Waals surface area (Å²) < 4.78 is 12.2. The van der Waals surface area contributed by atoms with Crippen LogP contribution in [0.4, 0.5) is 0 Å². The van der Waals surface area contributed by atoms with Crippen LogP contribution >= 0.6 is 23.5 Å². The Kier molecular flexibility index (Phi) is 8.50. The van der Waals surface area contributed by atoms with Gasteiger partial charge in [-0.25, -0.2) is 0 Å². The van der Waals surface area contributed by atoms with E-state index in [1.165, 1.54) is 23.5 Å². The average molecular weight is 505 g/mol. The number of thioether (sulfide) groups is 2. The van der Waals surface area contributed by atoms with Gasteiger partial charge in [-0.1, -0.05) is 60.7 Å². The zero-order valence-corrected chi connectivity index (χ0v) is 21.4. The molecule has 4 aromatic carbocycles. The molecule has 0 fully saturated rings. The van der Waals surface area contributed by atoms with Gasteiger partial charge in [-0.15, -0.1) is 23.5 Å². The van der Waals surface area contributed by atoms with Crippen molar-refractivity contribution in [3.8, 4) is 45.3 Å². The van der Waals surface area contributed by atoms with Crippen LogP contribution in [0, 0.1) is 0 Å². The summed E-state index contributed by atoms with van der Waals surface area (Å²) in [5.74, 6) is 1.98. The summed E-state index contributed by atoms with van der Waals surface area (Å²) in [6.07, 6.45) is 4.57. The minimum absolute atomic E-state index is 0.268. The van der Waals surface area contributed by atoms with Gasteiger partial charge in [-0.05, 0) is 36.8 Å². The Hall–Kier alpha value is -3.22. The predicted molar refractivity (Wildman–Crippen MR) is 146 cm³/mol. The molecular formula is C29H28O4S2. The molecular weight excluding hydrogens is 476 g/mol. The number of phenolic OH excluding ortho intramolecular Hbond substituents is 2. The largest absolute Gasteiger partial charge is 0.506 e. The maximum Gasteiger partial charge on any atom is 0.137 e. The molecule has 0 atom stereocenters. The van der Waals surface area contributed by atoms with Gasteiger partial charge in [-0.2, -0.15) is 0 Å². The Morgan fingerprint density at radius 2 is 0.943 bits per heavy atom. The summed E-state index contributed by atoms with van der Waals surface area (Å²) in [5, 5.41) is 21.3. The Morgan fingerprint density at radius 1 is 0.543 bits per heavy atom. The van der Waals surface area contributed by atoms with E-state index >= 15 is 0 Å². The number of ether oxygens (including phenoxy) is 2. The average Bonchev–Trinajstić information content (AvgIpc) is 2.89. The van der Waals surface area contributed by atoms with Crippen LogP contribution in [0.1, 0.15) is 6.42 Å². The van der Waals surface area contributed by atoms with Crippen LogP contribution in [0.3, 0.4) is 0 Å². The molecule has 0 unspecified atom stereocenters. The summed E-state index contributed by atoms with van der Waals surface area (Å²) in [7, 11) is 0. The quantitative estimate of drug-likeness (QED) is 0.170. The molecule has 4 rings (SSSR count). The van der Waals surface area contributed by atoms with Crippen LogP contribution < -0.4 is 9.47 Å². The van der Waals surface area contributed by atoms with Crippen molar-refractivity contribution in [2.45, 2.75) is 16.2 Å². The lowest BCUT2D eigenvalue weighted by Crippen LogP contribution is -2.06. The van der Waals surface area contributed by atoms with Gasteiger partial charge in [0.25, 0.3) is 0 Å². The van der Waals surface area contributed by atoms with E-state index < -0.39 is 0 Å². The summed E-state index contributed by atoms with van der Waals surface area (Å²) in [4.78, 5) is 1.66. The fourth-order valence-corrected chi connectivity index (χ4v) is 4.90. The second-order valence-corrected chi connectivity index (χ2v) is 9.45. The lowest BCUT2D eigenvalue weighted by Gasteiger charge is -2.15. The van der Waals surface area contributed by atoms with Crippen molar-refractivity contribution in [3.63, 3.8) is 0 Å². The van der Waals surface area contributed by atoms with Crippen LogP contribution in [-0.2, 0) is 0 Å². The minimum atomic E-state index is 0.268. The van der Waals surface area contributed by atoms with Gasteiger partial charge in [0.1, 0.15) is 23.0 Å². The first-order valence-corrected chi connectivity index (χ1v) is 13.7. The molecule has 0 spiro atoms. The SMILES string of the molecule is CSc1cccc(-c2ccccc2OCCCOc2ccccc2-c2cccc(SC)c2O)c1O. The Labute approximate surface area is 214 Å². The van der Waals surface area contributed by atoms with Gasteiger partial charge in [-0.3, -0.25) is 0 Å². The van der Waals surface area contributed by atoms with E-state index in [0.717, 1.165) is 43.5 Å². The summed E-state index contributed by atoms with van der Waals surface area (Å²) in [6, 6.07) is 27.0. The second-order valence-electron chi connectivity index (χ2n) is 7.76. The van der Waals surface area contributed by atoms with Crippen molar-refractivity contribution in [2.75, 3.05) is 25.7 Å². The summed E-state index contributed by atoms with van der Waals surface area (Å²) in [6.45, 7) is 0.935. The predicted octanol–water partition coefficient (Wildman–Crippen LogP) is 7.72. The van der Waals surface area contributed by atoms with Gasteiger partial charge < -0.3 is 19.7 Å². The number of hydrogen-bond acceptors (Lipinski definition) is 6. The molecule has 0 aliphatic rings. The van der Waals surface area contributed by atoms with Gasteiger partial charge in [0.15, 0.2) is 0 Å². The molecule has 0 heterocycles. The number of para-hydroxylation sites is 4. The van der Waals surface area contributed by atoms with E-state index in [1.807, 2.05) is 97.4 Å². The van der Waals surface area contributed by atoms with E-state index in [2.05, 4.69) is 0 Å². The van der Waals surface area contributed by atoms with Crippen molar-refractivity contribution < 1.29 is 19.7 Å². The molecule has 35 heavy (non-hydrogen) atoms. The minimum Gasteiger partial charge on any atom is -0.506 e. The molecule has 0 radical (unpaired) electrons. The van der Waals surface area contributed by atoms with Gasteiger partial charge >= 0.3 is 0 Å². The maximum absolute atomic E-state index is 10.7. The first kappa shape index (κ1) is 24.9. The highest BCUT2D eigenvalue weighted by atomic mass is 32.2. The Morgan fingerprint density at radius 3 is 1.37 bits per heavy atom. The lowest BCUT2D eigenvalue weighted by atomic mass is 10.0. The zero-order valence-electron chi connectivity index (χ0n) is 19.7.